The summed E-state index contributed by atoms with van der Waals surface area (Å²) in [5.41, 5.74) is 3.56. The summed E-state index contributed by atoms with van der Waals surface area (Å²) >= 11 is 12.3. The lowest BCUT2D eigenvalue weighted by molar-refractivity contribution is -0.135. The lowest BCUT2D eigenvalue weighted by Crippen LogP contribution is -2.35. The van der Waals surface area contributed by atoms with Gasteiger partial charge in [0.2, 0.25) is 0 Å². The fraction of sp³-hybridized carbons (Fsp3) is 0.333. The number of hydrogen-bond donors (Lipinski definition) is 0. The number of aryl methyl sites for hydroxylation is 1. The minimum Gasteiger partial charge on any atom is -0.298 e. The van der Waals surface area contributed by atoms with Crippen molar-refractivity contribution in [2.24, 2.45) is 11.8 Å². The van der Waals surface area contributed by atoms with Gasteiger partial charge in [0.05, 0.1) is 0 Å². The molecule has 128 valence electrons. The zero-order valence-corrected chi connectivity index (χ0v) is 15.4. The van der Waals surface area contributed by atoms with Gasteiger partial charge in [-0.2, -0.15) is 0 Å². The Bertz CT molecular complexity index is 865. The molecule has 2 aliphatic carbocycles. The Morgan fingerprint density at radius 2 is 1.60 bits per heavy atom. The van der Waals surface area contributed by atoms with Crippen molar-refractivity contribution in [1.29, 1.82) is 0 Å². The van der Waals surface area contributed by atoms with Gasteiger partial charge in [0.15, 0.2) is 11.6 Å². The number of rotatable bonds is 2. The molecule has 2 aliphatic rings. The van der Waals surface area contributed by atoms with Gasteiger partial charge in [-0.3, -0.25) is 9.59 Å². The molecular formula is C21H18Cl2O2. The quantitative estimate of drug-likeness (QED) is 0.640. The summed E-state index contributed by atoms with van der Waals surface area (Å²) in [4.78, 5) is 25.7. The van der Waals surface area contributed by atoms with Gasteiger partial charge in [-0.1, -0.05) is 41.4 Å². The Labute approximate surface area is 157 Å². The van der Waals surface area contributed by atoms with Gasteiger partial charge in [0.25, 0.3) is 0 Å². The summed E-state index contributed by atoms with van der Waals surface area (Å²) in [5, 5.41) is 1.14. The van der Waals surface area contributed by atoms with Gasteiger partial charge in [-0.05, 0) is 61.1 Å². The minimum absolute atomic E-state index is 0.0508. The number of carbonyl (C=O) groups excluding carboxylic acids is 2. The van der Waals surface area contributed by atoms with E-state index in [-0.39, 0.29) is 23.4 Å². The summed E-state index contributed by atoms with van der Waals surface area (Å²) in [5.74, 6) is -0.315. The molecular weight excluding hydrogens is 355 g/mol. The number of hydrogen-bond acceptors (Lipinski definition) is 2. The number of benzene rings is 2. The van der Waals surface area contributed by atoms with Gasteiger partial charge in [-0.25, -0.2) is 0 Å². The molecule has 2 unspecified atom stereocenters. The monoisotopic (exact) mass is 372 g/mol. The van der Waals surface area contributed by atoms with E-state index in [2.05, 4.69) is 0 Å². The van der Waals surface area contributed by atoms with E-state index in [0.717, 1.165) is 41.5 Å². The summed E-state index contributed by atoms with van der Waals surface area (Å²) < 4.78 is 0. The molecule has 2 aromatic rings. The zero-order valence-electron chi connectivity index (χ0n) is 13.9. The fourth-order valence-corrected chi connectivity index (χ4v) is 4.78. The largest absolute Gasteiger partial charge is 0.298 e. The molecule has 2 atom stereocenters. The van der Waals surface area contributed by atoms with Crippen molar-refractivity contribution in [3.8, 4) is 11.1 Å². The molecule has 0 amide bonds. The van der Waals surface area contributed by atoms with Crippen LogP contribution in [-0.4, -0.2) is 11.6 Å². The van der Waals surface area contributed by atoms with E-state index in [4.69, 9.17) is 23.2 Å². The number of Topliss-reactive ketones (excluding diaryl/α,β-unsaturated/α-hetero) is 2. The van der Waals surface area contributed by atoms with Crippen molar-refractivity contribution in [3.05, 3.63) is 57.6 Å². The van der Waals surface area contributed by atoms with Gasteiger partial charge in [0, 0.05) is 27.4 Å². The van der Waals surface area contributed by atoms with Crippen LogP contribution >= 0.6 is 23.2 Å². The van der Waals surface area contributed by atoms with Gasteiger partial charge in [-0.15, -0.1) is 0 Å². The average Bonchev–Trinajstić information content (AvgIpc) is 3.02. The minimum atomic E-state index is -0.614. The van der Waals surface area contributed by atoms with E-state index in [9.17, 15) is 9.59 Å². The first-order valence-electron chi connectivity index (χ1n) is 8.59. The summed E-state index contributed by atoms with van der Waals surface area (Å²) in [6, 6.07) is 11.3. The van der Waals surface area contributed by atoms with Crippen molar-refractivity contribution in [2.45, 2.75) is 32.1 Å². The van der Waals surface area contributed by atoms with E-state index in [1.165, 1.54) is 0 Å². The lowest BCUT2D eigenvalue weighted by atomic mass is 9.74. The van der Waals surface area contributed by atoms with Gasteiger partial charge in [0.1, 0.15) is 5.92 Å². The maximum Gasteiger partial charge on any atom is 0.150 e. The molecule has 0 aliphatic heterocycles. The zero-order chi connectivity index (χ0) is 17.7. The first-order chi connectivity index (χ1) is 12.0. The molecule has 0 aromatic heterocycles. The molecule has 2 nitrogen and oxygen atoms in total. The molecule has 4 rings (SSSR count). The van der Waals surface area contributed by atoms with Crippen LogP contribution in [0, 0.1) is 18.8 Å². The van der Waals surface area contributed by atoms with Crippen molar-refractivity contribution in [1.82, 2.24) is 0 Å². The second-order valence-corrected chi connectivity index (χ2v) is 7.98. The van der Waals surface area contributed by atoms with Crippen LogP contribution in [0.5, 0.6) is 0 Å². The molecule has 2 fully saturated rings. The van der Waals surface area contributed by atoms with E-state index in [1.54, 1.807) is 12.1 Å². The Balaban J connectivity index is 1.80. The topological polar surface area (TPSA) is 34.1 Å². The highest BCUT2D eigenvalue weighted by atomic mass is 35.5. The predicted molar refractivity (Wildman–Crippen MR) is 100 cm³/mol. The van der Waals surface area contributed by atoms with Crippen LogP contribution in [-0.2, 0) is 9.59 Å². The van der Waals surface area contributed by atoms with Crippen LogP contribution in [0.2, 0.25) is 10.0 Å². The third-order valence-corrected chi connectivity index (χ3v) is 6.19. The maximum atomic E-state index is 12.8. The van der Waals surface area contributed by atoms with Gasteiger partial charge < -0.3 is 0 Å². The van der Waals surface area contributed by atoms with Crippen molar-refractivity contribution < 1.29 is 9.59 Å². The Kier molecular flexibility index (Phi) is 4.21. The normalized spacial score (nSPS) is 25.5. The highest BCUT2D eigenvalue weighted by molar-refractivity contribution is 6.36. The van der Waals surface area contributed by atoms with E-state index >= 15 is 0 Å². The third-order valence-electron chi connectivity index (χ3n) is 5.64. The molecule has 25 heavy (non-hydrogen) atoms. The molecule has 2 saturated carbocycles. The molecule has 0 saturated heterocycles. The lowest BCUT2D eigenvalue weighted by Gasteiger charge is -2.27. The van der Waals surface area contributed by atoms with Crippen molar-refractivity contribution in [3.63, 3.8) is 0 Å². The summed E-state index contributed by atoms with van der Waals surface area (Å²) in [7, 11) is 0. The molecule has 2 bridgehead atoms. The number of carbonyl (C=O) groups is 2. The fourth-order valence-electron chi connectivity index (χ4n) is 4.26. The summed E-state index contributed by atoms with van der Waals surface area (Å²) in [6.45, 7) is 1.96. The van der Waals surface area contributed by atoms with E-state index in [1.807, 2.05) is 31.2 Å². The molecule has 2 aromatic carbocycles. The smallest absolute Gasteiger partial charge is 0.150 e. The first-order valence-corrected chi connectivity index (χ1v) is 9.34. The third kappa shape index (κ3) is 2.82. The van der Waals surface area contributed by atoms with Crippen LogP contribution in [0.25, 0.3) is 11.1 Å². The van der Waals surface area contributed by atoms with Crippen LogP contribution in [0.4, 0.5) is 0 Å². The molecule has 0 radical (unpaired) electrons. The Morgan fingerprint density at radius 1 is 0.920 bits per heavy atom. The second-order valence-electron chi connectivity index (χ2n) is 7.14. The predicted octanol–water partition coefficient (Wildman–Crippen LogP) is 5.62. The standard InChI is InChI=1S/C21H18Cl2O2/c1-11-2-3-12(16-7-6-15(22)10-18(16)23)9-17(11)19-20(24)13-4-5-14(8-13)21(19)25/h2-3,6-7,9-10,13-14,19H,4-5,8H2,1H3. The van der Waals surface area contributed by atoms with Crippen LogP contribution in [0.3, 0.4) is 0 Å². The SMILES string of the molecule is Cc1ccc(-c2ccc(Cl)cc2Cl)cc1C1C(=O)C2CCC(C2)C1=O. The van der Waals surface area contributed by atoms with Crippen molar-refractivity contribution >= 4 is 34.8 Å². The highest BCUT2D eigenvalue weighted by Gasteiger charge is 2.47. The van der Waals surface area contributed by atoms with Crippen LogP contribution in [0.15, 0.2) is 36.4 Å². The molecule has 4 heteroatoms. The molecule has 0 heterocycles. The Morgan fingerprint density at radius 3 is 2.24 bits per heavy atom. The Hall–Kier alpha value is -1.64. The second kappa shape index (κ2) is 6.26. The number of ketones is 2. The van der Waals surface area contributed by atoms with E-state index < -0.39 is 5.92 Å². The van der Waals surface area contributed by atoms with Crippen LogP contribution < -0.4 is 0 Å². The van der Waals surface area contributed by atoms with E-state index in [0.29, 0.717) is 10.0 Å². The molecule has 0 N–H and O–H groups in total. The molecule has 0 spiro atoms. The van der Waals surface area contributed by atoms with Crippen molar-refractivity contribution in [2.75, 3.05) is 0 Å². The number of fused-ring (bicyclic) bond motifs is 2. The summed E-state index contributed by atoms with van der Waals surface area (Å²) in [6.07, 6.45) is 2.46. The first kappa shape index (κ1) is 16.8. The van der Waals surface area contributed by atoms with Gasteiger partial charge >= 0.3 is 0 Å². The van der Waals surface area contributed by atoms with Crippen LogP contribution in [0.1, 0.15) is 36.3 Å². The maximum absolute atomic E-state index is 12.8. The highest BCUT2D eigenvalue weighted by Crippen LogP contribution is 2.45. The number of halogens is 2. The average molecular weight is 373 g/mol.